The molecule has 2 aromatic carbocycles. The van der Waals surface area contributed by atoms with Gasteiger partial charge in [0, 0.05) is 28.9 Å². The summed E-state index contributed by atoms with van der Waals surface area (Å²) in [4.78, 5) is 4.74. The molecule has 0 radical (unpaired) electrons. The second-order valence-electron chi connectivity index (χ2n) is 4.45. The van der Waals surface area contributed by atoms with E-state index in [0.717, 1.165) is 28.1 Å². The monoisotopic (exact) mass is 363 g/mol. The molecule has 0 spiro atoms. The summed E-state index contributed by atoms with van der Waals surface area (Å²) in [7, 11) is 3.98. The van der Waals surface area contributed by atoms with Crippen molar-refractivity contribution in [1.29, 1.82) is 0 Å². The summed E-state index contributed by atoms with van der Waals surface area (Å²) in [5.74, 6) is 1.000. The van der Waals surface area contributed by atoms with Gasteiger partial charge < -0.3 is 9.88 Å². The lowest BCUT2D eigenvalue weighted by molar-refractivity contribution is 0.959. The van der Waals surface area contributed by atoms with Gasteiger partial charge in [-0.3, -0.25) is 0 Å². The molecule has 19 heavy (non-hydrogen) atoms. The van der Waals surface area contributed by atoms with Crippen LogP contribution in [0.15, 0.2) is 42.5 Å². The van der Waals surface area contributed by atoms with Crippen LogP contribution in [0.3, 0.4) is 0 Å². The number of halogens is 1. The Labute approximate surface area is 125 Å². The predicted octanol–water partition coefficient (Wildman–Crippen LogP) is 3.89. The van der Waals surface area contributed by atoms with Gasteiger partial charge >= 0.3 is 0 Å². The Morgan fingerprint density at radius 2 is 1.84 bits per heavy atom. The zero-order chi connectivity index (χ0) is 13.4. The predicted molar refractivity (Wildman–Crippen MR) is 88.4 cm³/mol. The molecule has 1 N–H and O–H groups in total. The van der Waals surface area contributed by atoms with Crippen molar-refractivity contribution in [3.8, 4) is 11.4 Å². The van der Waals surface area contributed by atoms with Crippen LogP contribution in [0.1, 0.15) is 0 Å². The SMILES string of the molecule is CNc1ccc(-c2nc3cc(I)ccc3n2C)cc1. The molecule has 0 unspecified atom stereocenters. The highest BCUT2D eigenvalue weighted by Crippen LogP contribution is 2.25. The molecule has 0 atom stereocenters. The molecule has 4 heteroatoms. The second kappa shape index (κ2) is 4.85. The number of nitrogens with zero attached hydrogens (tertiary/aromatic N) is 2. The topological polar surface area (TPSA) is 29.9 Å². The number of hydrogen-bond acceptors (Lipinski definition) is 2. The van der Waals surface area contributed by atoms with E-state index in [1.165, 1.54) is 3.57 Å². The van der Waals surface area contributed by atoms with Gasteiger partial charge in [0.05, 0.1) is 11.0 Å². The zero-order valence-corrected chi connectivity index (χ0v) is 13.0. The van der Waals surface area contributed by atoms with Crippen LogP contribution in [0, 0.1) is 3.57 Å². The standard InChI is InChI=1S/C15H14IN3/c1-17-12-6-3-10(4-7-12)15-18-13-9-11(16)5-8-14(13)19(15)2/h3-9,17H,1-2H3. The Hall–Kier alpha value is -1.56. The Morgan fingerprint density at radius 3 is 2.53 bits per heavy atom. The first kappa shape index (κ1) is 12.5. The second-order valence-corrected chi connectivity index (χ2v) is 5.70. The molecule has 0 fully saturated rings. The summed E-state index contributed by atoms with van der Waals surface area (Å²) < 4.78 is 3.35. The maximum absolute atomic E-state index is 4.74. The summed E-state index contributed by atoms with van der Waals surface area (Å²) in [6, 6.07) is 14.7. The van der Waals surface area contributed by atoms with Crippen LogP contribution in [0.2, 0.25) is 0 Å². The molecule has 1 heterocycles. The molecule has 0 amide bonds. The minimum Gasteiger partial charge on any atom is -0.388 e. The highest BCUT2D eigenvalue weighted by atomic mass is 127. The molecule has 3 nitrogen and oxygen atoms in total. The molecule has 96 valence electrons. The molecule has 3 rings (SSSR count). The first-order chi connectivity index (χ1) is 9.19. The van der Waals surface area contributed by atoms with Gasteiger partial charge in [0.15, 0.2) is 0 Å². The summed E-state index contributed by atoms with van der Waals surface area (Å²) in [5.41, 5.74) is 4.44. The van der Waals surface area contributed by atoms with Crippen molar-refractivity contribution in [1.82, 2.24) is 9.55 Å². The third kappa shape index (κ3) is 2.20. The van der Waals surface area contributed by atoms with Gasteiger partial charge in [-0.2, -0.15) is 0 Å². The third-order valence-corrected chi connectivity index (χ3v) is 3.95. The molecule has 0 bridgehead atoms. The maximum atomic E-state index is 4.74. The lowest BCUT2D eigenvalue weighted by atomic mass is 10.2. The van der Waals surface area contributed by atoms with E-state index >= 15 is 0 Å². The molecule has 1 aromatic heterocycles. The number of hydrogen-bond donors (Lipinski definition) is 1. The van der Waals surface area contributed by atoms with E-state index in [2.05, 4.69) is 82.0 Å². The lowest BCUT2D eigenvalue weighted by Crippen LogP contribution is -1.93. The normalized spacial score (nSPS) is 10.9. The van der Waals surface area contributed by atoms with E-state index in [9.17, 15) is 0 Å². The number of imidazole rings is 1. The highest BCUT2D eigenvalue weighted by Gasteiger charge is 2.09. The van der Waals surface area contributed by atoms with Gasteiger partial charge in [-0.05, 0) is 65.1 Å². The van der Waals surface area contributed by atoms with Crippen LogP contribution in [-0.4, -0.2) is 16.6 Å². The van der Waals surface area contributed by atoms with E-state index in [-0.39, 0.29) is 0 Å². The Kier molecular flexibility index (Phi) is 3.18. The van der Waals surface area contributed by atoms with Crippen molar-refractivity contribution in [3.05, 3.63) is 46.0 Å². The summed E-state index contributed by atoms with van der Waals surface area (Å²) in [6.07, 6.45) is 0. The molecule has 0 aliphatic carbocycles. The van der Waals surface area contributed by atoms with Crippen LogP contribution in [0.4, 0.5) is 5.69 Å². The highest BCUT2D eigenvalue weighted by molar-refractivity contribution is 14.1. The first-order valence-electron chi connectivity index (χ1n) is 6.09. The van der Waals surface area contributed by atoms with Gasteiger partial charge in [-0.25, -0.2) is 4.98 Å². The number of benzene rings is 2. The van der Waals surface area contributed by atoms with Gasteiger partial charge in [0.2, 0.25) is 0 Å². The zero-order valence-electron chi connectivity index (χ0n) is 10.8. The minimum absolute atomic E-state index is 1.000. The van der Waals surface area contributed by atoms with Crippen molar-refractivity contribution >= 4 is 39.3 Å². The fraction of sp³-hybridized carbons (Fsp3) is 0.133. The lowest BCUT2D eigenvalue weighted by Gasteiger charge is -2.04. The number of rotatable bonds is 2. The van der Waals surface area contributed by atoms with E-state index in [0.29, 0.717) is 0 Å². The van der Waals surface area contributed by atoms with Crippen molar-refractivity contribution in [2.75, 3.05) is 12.4 Å². The van der Waals surface area contributed by atoms with Crippen LogP contribution >= 0.6 is 22.6 Å². The van der Waals surface area contributed by atoms with E-state index in [1.54, 1.807) is 0 Å². The average molecular weight is 363 g/mol. The van der Waals surface area contributed by atoms with Crippen molar-refractivity contribution in [2.24, 2.45) is 7.05 Å². The number of nitrogens with one attached hydrogen (secondary N) is 1. The Bertz CT molecular complexity index is 729. The molecular formula is C15H14IN3. The number of aryl methyl sites for hydroxylation is 1. The fourth-order valence-electron chi connectivity index (χ4n) is 2.22. The number of aromatic nitrogens is 2. The van der Waals surface area contributed by atoms with Gasteiger partial charge in [-0.1, -0.05) is 0 Å². The molecule has 0 aliphatic rings. The first-order valence-corrected chi connectivity index (χ1v) is 7.17. The van der Waals surface area contributed by atoms with Crippen LogP contribution in [0.25, 0.3) is 22.4 Å². The summed E-state index contributed by atoms with van der Waals surface area (Å²) >= 11 is 2.32. The van der Waals surface area contributed by atoms with Crippen molar-refractivity contribution < 1.29 is 0 Å². The largest absolute Gasteiger partial charge is 0.388 e. The summed E-state index contributed by atoms with van der Waals surface area (Å²) in [6.45, 7) is 0. The minimum atomic E-state index is 1.000. The fourth-order valence-corrected chi connectivity index (χ4v) is 2.69. The Balaban J connectivity index is 2.15. The van der Waals surface area contributed by atoms with Gasteiger partial charge in [0.1, 0.15) is 5.82 Å². The van der Waals surface area contributed by atoms with E-state index < -0.39 is 0 Å². The van der Waals surface area contributed by atoms with Gasteiger partial charge in [-0.15, -0.1) is 0 Å². The Morgan fingerprint density at radius 1 is 1.11 bits per heavy atom. The van der Waals surface area contributed by atoms with Crippen molar-refractivity contribution in [3.63, 3.8) is 0 Å². The summed E-state index contributed by atoms with van der Waals surface area (Å²) in [5, 5.41) is 3.13. The average Bonchev–Trinajstić information content (AvgIpc) is 2.75. The van der Waals surface area contributed by atoms with E-state index in [1.807, 2.05) is 7.05 Å². The molecular weight excluding hydrogens is 349 g/mol. The maximum Gasteiger partial charge on any atom is 0.140 e. The quantitative estimate of drug-likeness (QED) is 0.701. The third-order valence-electron chi connectivity index (χ3n) is 3.27. The molecule has 0 saturated heterocycles. The van der Waals surface area contributed by atoms with E-state index in [4.69, 9.17) is 4.98 Å². The molecule has 0 aliphatic heterocycles. The smallest absolute Gasteiger partial charge is 0.140 e. The number of anilines is 1. The van der Waals surface area contributed by atoms with Crippen LogP contribution in [0.5, 0.6) is 0 Å². The van der Waals surface area contributed by atoms with Crippen LogP contribution in [-0.2, 0) is 7.05 Å². The molecule has 0 saturated carbocycles. The van der Waals surface area contributed by atoms with Crippen LogP contribution < -0.4 is 5.32 Å². The number of fused-ring (bicyclic) bond motifs is 1. The molecule has 3 aromatic rings. The van der Waals surface area contributed by atoms with Gasteiger partial charge in [0.25, 0.3) is 0 Å². The van der Waals surface area contributed by atoms with Crippen molar-refractivity contribution in [2.45, 2.75) is 0 Å².